The molecule has 0 bridgehead atoms. The Hall–Kier alpha value is -2.74. The van der Waals surface area contributed by atoms with Crippen LogP contribution in [0.5, 0.6) is 0 Å². The first-order valence-electron chi connectivity index (χ1n) is 5.93. The van der Waals surface area contributed by atoms with E-state index in [9.17, 15) is 24.1 Å². The number of nitro groups is 1. The highest BCUT2D eigenvalue weighted by Gasteiger charge is 2.18. The molecule has 0 radical (unpaired) electrons. The molecule has 9 heteroatoms. The molecule has 2 aromatic rings. The van der Waals surface area contributed by atoms with E-state index in [2.05, 4.69) is 0 Å². The van der Waals surface area contributed by atoms with Crippen LogP contribution in [0.15, 0.2) is 35.3 Å². The van der Waals surface area contributed by atoms with E-state index in [0.717, 1.165) is 22.9 Å². The van der Waals surface area contributed by atoms with E-state index in [1.165, 1.54) is 12.1 Å². The Balaban J connectivity index is 2.62. The number of halogens is 2. The number of benzene rings is 1. The normalized spacial score (nSPS) is 10.5. The van der Waals surface area contributed by atoms with Crippen LogP contribution in [0.3, 0.4) is 0 Å². The van der Waals surface area contributed by atoms with E-state index >= 15 is 0 Å². The molecule has 0 atom stereocenters. The summed E-state index contributed by atoms with van der Waals surface area (Å²) in [6.07, 6.45) is 0.900. The third kappa shape index (κ3) is 2.96. The van der Waals surface area contributed by atoms with E-state index in [1.807, 2.05) is 0 Å². The highest BCUT2D eigenvalue weighted by molar-refractivity contribution is 6.31. The van der Waals surface area contributed by atoms with Crippen molar-refractivity contribution in [1.82, 2.24) is 4.57 Å². The van der Waals surface area contributed by atoms with Crippen molar-refractivity contribution in [3.8, 4) is 0 Å². The summed E-state index contributed by atoms with van der Waals surface area (Å²) in [5, 5.41) is 10.9. The SMILES string of the molecule is NC(=O)c1cc([N+](=O)[O-])cn(Cc2c(F)cccc2Cl)c1=O. The lowest BCUT2D eigenvalue weighted by Gasteiger charge is -2.09. The van der Waals surface area contributed by atoms with Crippen molar-refractivity contribution in [2.24, 2.45) is 5.73 Å². The smallest absolute Gasteiger partial charge is 0.286 e. The van der Waals surface area contributed by atoms with Gasteiger partial charge in [-0.2, -0.15) is 0 Å². The summed E-state index contributed by atoms with van der Waals surface area (Å²) in [6.45, 7) is -0.369. The van der Waals surface area contributed by atoms with Gasteiger partial charge in [-0.1, -0.05) is 17.7 Å². The molecule has 2 rings (SSSR count). The number of nitrogens with zero attached hydrogens (tertiary/aromatic N) is 2. The Morgan fingerprint density at radius 3 is 2.68 bits per heavy atom. The van der Waals surface area contributed by atoms with Crippen molar-refractivity contribution in [2.45, 2.75) is 6.54 Å². The lowest BCUT2D eigenvalue weighted by atomic mass is 10.2. The van der Waals surface area contributed by atoms with Gasteiger partial charge in [0, 0.05) is 16.7 Å². The second kappa shape index (κ2) is 5.94. The molecule has 0 saturated carbocycles. The van der Waals surface area contributed by atoms with Gasteiger partial charge < -0.3 is 10.3 Å². The molecule has 1 amide bonds. The minimum absolute atomic E-state index is 0.0258. The van der Waals surface area contributed by atoms with Crippen molar-refractivity contribution < 1.29 is 14.1 Å². The largest absolute Gasteiger partial charge is 0.365 e. The Labute approximate surface area is 127 Å². The molecule has 7 nitrogen and oxygen atoms in total. The number of carbonyl (C=O) groups excluding carboxylic acids is 1. The zero-order valence-corrected chi connectivity index (χ0v) is 11.7. The number of aromatic nitrogens is 1. The fourth-order valence-corrected chi connectivity index (χ4v) is 2.09. The van der Waals surface area contributed by atoms with Crippen molar-refractivity contribution in [2.75, 3.05) is 0 Å². The summed E-state index contributed by atoms with van der Waals surface area (Å²) in [5.74, 6) is -1.78. The minimum Gasteiger partial charge on any atom is -0.365 e. The molecule has 0 aliphatic heterocycles. The van der Waals surface area contributed by atoms with Crippen LogP contribution in [0.25, 0.3) is 0 Å². The average Bonchev–Trinajstić information content (AvgIpc) is 2.44. The maximum atomic E-state index is 13.8. The van der Waals surface area contributed by atoms with Crippen molar-refractivity contribution >= 4 is 23.2 Å². The van der Waals surface area contributed by atoms with Crippen molar-refractivity contribution in [3.63, 3.8) is 0 Å². The molecular weight excluding hydrogens is 317 g/mol. The fraction of sp³-hybridized carbons (Fsp3) is 0.0769. The molecule has 1 aromatic carbocycles. The predicted molar refractivity (Wildman–Crippen MR) is 76.4 cm³/mol. The zero-order valence-electron chi connectivity index (χ0n) is 11.0. The van der Waals surface area contributed by atoms with Gasteiger partial charge in [0.25, 0.3) is 17.2 Å². The zero-order chi connectivity index (χ0) is 16.4. The number of amides is 1. The van der Waals surface area contributed by atoms with Gasteiger partial charge in [0.1, 0.15) is 11.4 Å². The molecule has 0 aliphatic rings. The van der Waals surface area contributed by atoms with Crippen LogP contribution in [0.2, 0.25) is 5.02 Å². The van der Waals surface area contributed by atoms with Gasteiger partial charge in [-0.15, -0.1) is 0 Å². The molecule has 1 aromatic heterocycles. The minimum atomic E-state index is -1.11. The van der Waals surface area contributed by atoms with E-state index in [-0.39, 0.29) is 17.1 Å². The predicted octanol–water partition coefficient (Wildman–Crippen LogP) is 1.70. The Morgan fingerprint density at radius 2 is 2.14 bits per heavy atom. The third-order valence-corrected chi connectivity index (χ3v) is 3.29. The monoisotopic (exact) mass is 325 g/mol. The number of primary amides is 1. The summed E-state index contributed by atoms with van der Waals surface area (Å²) in [5.41, 5.74) is 3.07. The van der Waals surface area contributed by atoms with E-state index in [4.69, 9.17) is 17.3 Å². The van der Waals surface area contributed by atoms with Crippen LogP contribution in [0, 0.1) is 15.9 Å². The fourth-order valence-electron chi connectivity index (χ4n) is 1.87. The molecule has 114 valence electrons. The molecule has 22 heavy (non-hydrogen) atoms. The Kier molecular flexibility index (Phi) is 4.22. The second-order valence-electron chi connectivity index (χ2n) is 4.37. The molecule has 0 spiro atoms. The van der Waals surface area contributed by atoms with Crippen molar-refractivity contribution in [1.29, 1.82) is 0 Å². The van der Waals surface area contributed by atoms with Gasteiger partial charge in [-0.25, -0.2) is 4.39 Å². The molecule has 0 aliphatic carbocycles. The highest BCUT2D eigenvalue weighted by atomic mass is 35.5. The molecular formula is C13H9ClFN3O4. The Morgan fingerprint density at radius 1 is 1.45 bits per heavy atom. The van der Waals surface area contributed by atoms with Crippen LogP contribution in [-0.2, 0) is 6.54 Å². The summed E-state index contributed by atoms with van der Waals surface area (Å²) < 4.78 is 14.6. The van der Waals surface area contributed by atoms with Gasteiger partial charge in [0.15, 0.2) is 0 Å². The first-order valence-corrected chi connectivity index (χ1v) is 6.30. The molecule has 1 heterocycles. The number of pyridine rings is 1. The first kappa shape index (κ1) is 15.6. The van der Waals surface area contributed by atoms with Gasteiger partial charge >= 0.3 is 0 Å². The summed E-state index contributed by atoms with van der Waals surface area (Å²) in [7, 11) is 0. The van der Waals surface area contributed by atoms with Gasteiger partial charge in [-0.3, -0.25) is 19.7 Å². The van der Waals surface area contributed by atoms with Gasteiger partial charge in [0.05, 0.1) is 17.7 Å². The van der Waals surface area contributed by atoms with Crippen LogP contribution >= 0.6 is 11.6 Å². The van der Waals surface area contributed by atoms with Gasteiger partial charge in [0.2, 0.25) is 0 Å². The lowest BCUT2D eigenvalue weighted by molar-refractivity contribution is -0.385. The number of rotatable bonds is 4. The second-order valence-corrected chi connectivity index (χ2v) is 4.77. The number of hydrogen-bond acceptors (Lipinski definition) is 4. The number of hydrogen-bond donors (Lipinski definition) is 1. The number of carbonyl (C=O) groups is 1. The lowest BCUT2D eigenvalue weighted by Crippen LogP contribution is -2.30. The quantitative estimate of drug-likeness (QED) is 0.681. The van der Waals surface area contributed by atoms with Crippen molar-refractivity contribution in [3.05, 3.63) is 72.9 Å². The van der Waals surface area contributed by atoms with Crippen LogP contribution < -0.4 is 11.3 Å². The van der Waals surface area contributed by atoms with Crippen LogP contribution in [0.1, 0.15) is 15.9 Å². The average molecular weight is 326 g/mol. The molecule has 0 saturated heterocycles. The van der Waals surface area contributed by atoms with E-state index < -0.39 is 33.5 Å². The Bertz CT molecular complexity index is 814. The van der Waals surface area contributed by atoms with Crippen LogP contribution in [0.4, 0.5) is 10.1 Å². The summed E-state index contributed by atoms with van der Waals surface area (Å²) >= 11 is 5.86. The van der Waals surface area contributed by atoms with E-state index in [0.29, 0.717) is 0 Å². The van der Waals surface area contributed by atoms with Crippen LogP contribution in [-0.4, -0.2) is 15.4 Å². The summed E-state index contributed by atoms with van der Waals surface area (Å²) in [6, 6.07) is 4.71. The molecule has 0 fully saturated rings. The van der Waals surface area contributed by atoms with E-state index in [1.54, 1.807) is 0 Å². The van der Waals surface area contributed by atoms with Gasteiger partial charge in [-0.05, 0) is 12.1 Å². The first-order chi connectivity index (χ1) is 10.3. The molecule has 2 N–H and O–H groups in total. The third-order valence-electron chi connectivity index (χ3n) is 2.94. The standard InChI is InChI=1S/C13H9ClFN3O4/c14-10-2-1-3-11(15)9(10)6-17-5-7(18(21)22)4-8(12(16)19)13(17)20/h1-5H,6H2,(H2,16,19). The topological polar surface area (TPSA) is 108 Å². The summed E-state index contributed by atoms with van der Waals surface area (Å²) in [4.78, 5) is 33.4. The number of nitrogens with two attached hydrogens (primary N) is 1. The molecule has 0 unspecified atom stereocenters. The maximum Gasteiger partial charge on any atom is 0.286 e. The maximum absolute atomic E-state index is 13.8. The highest BCUT2D eigenvalue weighted by Crippen LogP contribution is 2.20.